The predicted octanol–water partition coefficient (Wildman–Crippen LogP) is 4.76. The van der Waals surface area contributed by atoms with Gasteiger partial charge in [0.2, 0.25) is 5.91 Å². The molecule has 1 saturated heterocycles. The molecule has 1 saturated carbocycles. The van der Waals surface area contributed by atoms with E-state index < -0.39 is 40.2 Å². The van der Waals surface area contributed by atoms with Gasteiger partial charge < -0.3 is 15.5 Å². The molecule has 8 bridgehead atoms. The van der Waals surface area contributed by atoms with Crippen molar-refractivity contribution in [2.75, 3.05) is 25.0 Å². The highest BCUT2D eigenvalue weighted by atomic mass is 19.3. The zero-order valence-electron chi connectivity index (χ0n) is 24.9. The van der Waals surface area contributed by atoms with Crippen LogP contribution in [0.2, 0.25) is 0 Å². The van der Waals surface area contributed by atoms with E-state index in [1.807, 2.05) is 6.92 Å². The molecule has 12 heteroatoms. The van der Waals surface area contributed by atoms with Crippen LogP contribution in [0.15, 0.2) is 35.4 Å². The standard InChI is InChI=1S/C32H36F3N7O2/c1-19-5-4-12-37-26(43)16-42-29-23(15-25(30(42)44)31(17-36)10-11-31)28(38-18-39-29)40-20(2)22-6-3-7-24(27(22)33)32(34,35)21-8-13-41(19)14-9-21/h3,6-7,15,18-21H,4-5,8-14,16H2,1-2H3,(H,37,43)(H,38,39,40)/t19?,20-/m1/s1. The van der Waals surface area contributed by atoms with Gasteiger partial charge in [0, 0.05) is 29.6 Å². The average molecular weight is 608 g/mol. The number of halogens is 3. The number of nitriles is 1. The molecule has 2 N–H and O–H groups in total. The summed E-state index contributed by atoms with van der Waals surface area (Å²) in [5, 5.41) is 16.3. The molecule has 7 rings (SSSR count). The molecule has 1 amide bonds. The van der Waals surface area contributed by atoms with Gasteiger partial charge in [0.15, 0.2) is 0 Å². The van der Waals surface area contributed by atoms with E-state index in [-0.39, 0.29) is 53.9 Å². The lowest BCUT2D eigenvalue weighted by Gasteiger charge is -2.39. The Morgan fingerprint density at radius 1 is 1.07 bits per heavy atom. The Balaban J connectivity index is 1.45. The van der Waals surface area contributed by atoms with E-state index in [2.05, 4.69) is 31.6 Å². The van der Waals surface area contributed by atoms with Crippen molar-refractivity contribution in [1.29, 1.82) is 5.26 Å². The number of fused-ring (bicyclic) bond motifs is 9. The van der Waals surface area contributed by atoms with Crippen molar-refractivity contribution in [3.05, 3.63) is 63.5 Å². The van der Waals surface area contributed by atoms with Crippen molar-refractivity contribution >= 4 is 22.8 Å². The summed E-state index contributed by atoms with van der Waals surface area (Å²) in [6.45, 7) is 4.75. The minimum Gasteiger partial charge on any atom is -0.363 e. The van der Waals surface area contributed by atoms with Crippen molar-refractivity contribution in [3.8, 4) is 6.07 Å². The van der Waals surface area contributed by atoms with E-state index >= 15 is 13.2 Å². The van der Waals surface area contributed by atoms with Gasteiger partial charge in [0.05, 0.1) is 28.5 Å². The number of hydrogen-bond donors (Lipinski definition) is 2. The van der Waals surface area contributed by atoms with E-state index in [4.69, 9.17) is 0 Å². The summed E-state index contributed by atoms with van der Waals surface area (Å²) < 4.78 is 49.0. The van der Waals surface area contributed by atoms with Gasteiger partial charge in [0.1, 0.15) is 30.2 Å². The molecular weight excluding hydrogens is 571 g/mol. The Morgan fingerprint density at radius 2 is 1.82 bits per heavy atom. The number of alkyl halides is 2. The third kappa shape index (κ3) is 5.31. The highest BCUT2D eigenvalue weighted by Gasteiger charge is 2.48. The lowest BCUT2D eigenvalue weighted by molar-refractivity contribution is -0.121. The molecule has 1 aliphatic carbocycles. The molecule has 3 aliphatic heterocycles. The van der Waals surface area contributed by atoms with Crippen molar-refractivity contribution in [1.82, 2.24) is 24.8 Å². The van der Waals surface area contributed by atoms with Crippen molar-refractivity contribution in [2.45, 2.75) is 82.3 Å². The Hall–Kier alpha value is -3.98. The molecule has 1 aromatic carbocycles. The van der Waals surface area contributed by atoms with Crippen LogP contribution in [0, 0.1) is 23.1 Å². The highest BCUT2D eigenvalue weighted by molar-refractivity contribution is 5.89. The first kappa shape index (κ1) is 30.1. The van der Waals surface area contributed by atoms with Crippen LogP contribution < -0.4 is 16.2 Å². The third-order valence-corrected chi connectivity index (χ3v) is 9.66. The van der Waals surface area contributed by atoms with E-state index in [1.54, 1.807) is 13.0 Å². The SMILES string of the molecule is CC1CCCNC(=O)Cn2c(=O)c(C3(C#N)CC3)cc3c(ncnc32)N[C@H](C)c2cccc(c2F)C(F)(F)C2CCN1CC2. The molecule has 2 atom stereocenters. The third-order valence-electron chi connectivity index (χ3n) is 9.66. The maximum Gasteiger partial charge on any atom is 0.278 e. The number of aromatic nitrogens is 3. The number of carbonyl (C=O) groups excluding carboxylic acids is 1. The van der Waals surface area contributed by atoms with Crippen LogP contribution in [0.5, 0.6) is 0 Å². The molecule has 2 fully saturated rings. The summed E-state index contributed by atoms with van der Waals surface area (Å²) in [6, 6.07) is 7.24. The van der Waals surface area contributed by atoms with Gasteiger partial charge in [-0.3, -0.25) is 14.2 Å². The smallest absolute Gasteiger partial charge is 0.278 e. The number of nitrogens with one attached hydrogen (secondary N) is 2. The minimum absolute atomic E-state index is 0.0505. The highest BCUT2D eigenvalue weighted by Crippen LogP contribution is 2.47. The largest absolute Gasteiger partial charge is 0.363 e. The number of piperidine rings is 1. The number of rotatable bonds is 1. The zero-order valence-corrected chi connectivity index (χ0v) is 24.9. The molecule has 3 aromatic rings. The zero-order chi connectivity index (χ0) is 31.2. The van der Waals surface area contributed by atoms with Gasteiger partial charge in [-0.25, -0.2) is 23.1 Å². The minimum atomic E-state index is -3.35. The van der Waals surface area contributed by atoms with E-state index in [1.165, 1.54) is 29.1 Å². The fourth-order valence-corrected chi connectivity index (χ4v) is 6.71. The van der Waals surface area contributed by atoms with Crippen molar-refractivity contribution in [3.63, 3.8) is 0 Å². The lowest BCUT2D eigenvalue weighted by Crippen LogP contribution is -2.44. The fourth-order valence-electron chi connectivity index (χ4n) is 6.71. The van der Waals surface area contributed by atoms with Crippen LogP contribution in [0.3, 0.4) is 0 Å². The number of benzene rings is 1. The fraction of sp³-hybridized carbons (Fsp3) is 0.531. The number of nitrogens with zero attached hydrogens (tertiary/aromatic N) is 5. The van der Waals surface area contributed by atoms with Crippen LogP contribution in [-0.4, -0.2) is 51.0 Å². The molecule has 0 radical (unpaired) electrons. The Labute approximate surface area is 253 Å². The molecule has 44 heavy (non-hydrogen) atoms. The summed E-state index contributed by atoms with van der Waals surface area (Å²) in [4.78, 5) is 37.6. The normalized spacial score (nSPS) is 26.7. The summed E-state index contributed by atoms with van der Waals surface area (Å²) in [5.41, 5.74) is -1.58. The van der Waals surface area contributed by atoms with Crippen molar-refractivity contribution < 1.29 is 18.0 Å². The average Bonchev–Trinajstić information content (AvgIpc) is 3.81. The summed E-state index contributed by atoms with van der Waals surface area (Å²) in [6.07, 6.45) is 4.16. The topological polar surface area (TPSA) is 116 Å². The number of carbonyl (C=O) groups is 1. The maximum atomic E-state index is 15.9. The summed E-state index contributed by atoms with van der Waals surface area (Å²) in [7, 11) is 0. The predicted molar refractivity (Wildman–Crippen MR) is 159 cm³/mol. The van der Waals surface area contributed by atoms with E-state index in [9.17, 15) is 14.9 Å². The van der Waals surface area contributed by atoms with Gasteiger partial charge in [-0.2, -0.15) is 5.26 Å². The second kappa shape index (κ2) is 11.5. The van der Waals surface area contributed by atoms with Crippen LogP contribution in [-0.2, 0) is 22.7 Å². The van der Waals surface area contributed by atoms with Gasteiger partial charge in [0.25, 0.3) is 11.5 Å². The summed E-state index contributed by atoms with van der Waals surface area (Å²) >= 11 is 0. The molecule has 232 valence electrons. The molecular formula is C32H36F3N7O2. The Bertz CT molecular complexity index is 1690. The number of pyridine rings is 1. The van der Waals surface area contributed by atoms with E-state index in [0.29, 0.717) is 44.3 Å². The number of amides is 1. The molecule has 9 nitrogen and oxygen atoms in total. The first-order chi connectivity index (χ1) is 21.1. The van der Waals surface area contributed by atoms with Crippen LogP contribution >= 0.6 is 0 Å². The Morgan fingerprint density at radius 3 is 2.52 bits per heavy atom. The van der Waals surface area contributed by atoms with Gasteiger partial charge in [-0.15, -0.1) is 0 Å². The van der Waals surface area contributed by atoms with Crippen LogP contribution in [0.4, 0.5) is 19.0 Å². The quantitative estimate of drug-likeness (QED) is 0.410. The van der Waals surface area contributed by atoms with Gasteiger partial charge >= 0.3 is 0 Å². The van der Waals surface area contributed by atoms with Crippen LogP contribution in [0.25, 0.3) is 11.0 Å². The second-order valence-corrected chi connectivity index (χ2v) is 12.5. The molecule has 5 heterocycles. The maximum absolute atomic E-state index is 15.9. The van der Waals surface area contributed by atoms with Gasteiger partial charge in [-0.1, -0.05) is 18.2 Å². The monoisotopic (exact) mass is 607 g/mol. The molecule has 0 spiro atoms. The molecule has 2 aromatic heterocycles. The first-order valence-electron chi connectivity index (χ1n) is 15.3. The van der Waals surface area contributed by atoms with E-state index in [0.717, 1.165) is 6.42 Å². The van der Waals surface area contributed by atoms with Crippen LogP contribution in [0.1, 0.15) is 75.1 Å². The number of anilines is 1. The lowest BCUT2D eigenvalue weighted by atomic mass is 9.84. The molecule has 1 unspecified atom stereocenters. The van der Waals surface area contributed by atoms with Crippen molar-refractivity contribution in [2.24, 2.45) is 5.92 Å². The first-order valence-corrected chi connectivity index (χ1v) is 15.3. The second-order valence-electron chi connectivity index (χ2n) is 12.5. The Kier molecular flexibility index (Phi) is 7.86. The molecule has 4 aliphatic rings. The van der Waals surface area contributed by atoms with Gasteiger partial charge in [-0.05, 0) is 71.5 Å². The number of hydrogen-bond acceptors (Lipinski definition) is 7. The summed E-state index contributed by atoms with van der Waals surface area (Å²) in [5.74, 6) is -5.43.